The minimum Gasteiger partial charge on any atom is -0.385 e. The van der Waals surface area contributed by atoms with E-state index in [9.17, 15) is 4.79 Å². The first-order chi connectivity index (χ1) is 11.2. The molecule has 0 fully saturated rings. The van der Waals surface area contributed by atoms with Crippen LogP contribution in [0.25, 0.3) is 0 Å². The lowest BCUT2D eigenvalue weighted by Gasteiger charge is -2.07. The molecule has 6 heteroatoms. The number of aromatic nitrogens is 2. The smallest absolute Gasteiger partial charge is 0.271 e. The van der Waals surface area contributed by atoms with Crippen LogP contribution in [-0.2, 0) is 11.2 Å². The van der Waals surface area contributed by atoms with Crippen molar-refractivity contribution in [2.75, 3.05) is 25.6 Å². The molecule has 0 atom stereocenters. The van der Waals surface area contributed by atoms with E-state index < -0.39 is 0 Å². The molecule has 2 rings (SSSR count). The Bertz CT molecular complexity index is 611. The van der Waals surface area contributed by atoms with Gasteiger partial charge in [0, 0.05) is 25.9 Å². The number of aryl methyl sites for hydroxylation is 1. The summed E-state index contributed by atoms with van der Waals surface area (Å²) in [4.78, 5) is 20.2. The van der Waals surface area contributed by atoms with Gasteiger partial charge < -0.3 is 15.4 Å². The van der Waals surface area contributed by atoms with Gasteiger partial charge in [0.05, 0.1) is 12.4 Å². The summed E-state index contributed by atoms with van der Waals surface area (Å²) in [6, 6.07) is 8.13. The Morgan fingerprint density at radius 3 is 2.57 bits per heavy atom. The normalized spacial score (nSPS) is 10.3. The molecule has 0 radical (unpaired) electrons. The van der Waals surface area contributed by atoms with Crippen LogP contribution in [0.3, 0.4) is 0 Å². The third-order valence-corrected chi connectivity index (χ3v) is 3.33. The Kier molecular flexibility index (Phi) is 6.50. The molecule has 23 heavy (non-hydrogen) atoms. The monoisotopic (exact) mass is 314 g/mol. The molecule has 1 aromatic heterocycles. The van der Waals surface area contributed by atoms with Crippen LogP contribution in [0.15, 0.2) is 36.7 Å². The van der Waals surface area contributed by atoms with Crippen LogP contribution >= 0.6 is 0 Å². The lowest BCUT2D eigenvalue weighted by atomic mass is 10.1. The lowest BCUT2D eigenvalue weighted by molar-refractivity contribution is 0.0943. The minimum absolute atomic E-state index is 0.229. The van der Waals surface area contributed by atoms with Gasteiger partial charge in [0.25, 0.3) is 5.91 Å². The summed E-state index contributed by atoms with van der Waals surface area (Å²) in [6.45, 7) is 3.29. The maximum absolute atomic E-state index is 11.9. The molecule has 1 heterocycles. The van der Waals surface area contributed by atoms with Gasteiger partial charge in [-0.2, -0.15) is 0 Å². The second kappa shape index (κ2) is 8.85. The number of methoxy groups -OCH3 is 1. The van der Waals surface area contributed by atoms with Gasteiger partial charge in [-0.25, -0.2) is 9.97 Å². The van der Waals surface area contributed by atoms with Gasteiger partial charge in [0.1, 0.15) is 11.5 Å². The Hall–Kier alpha value is -2.47. The number of anilines is 2. The maximum Gasteiger partial charge on any atom is 0.271 e. The zero-order valence-corrected chi connectivity index (χ0v) is 13.5. The standard InChI is InChI=1S/C17H22N4O2/c1-3-13-5-7-14(8-6-13)21-16-12-19-15(11-20-16)17(22)18-9-4-10-23-2/h5-8,11-12H,3-4,9-10H2,1-2H3,(H,18,22)(H,20,21). The third kappa shape index (κ3) is 5.34. The second-order valence-corrected chi connectivity index (χ2v) is 5.06. The van der Waals surface area contributed by atoms with Crippen LogP contribution in [0, 0.1) is 0 Å². The van der Waals surface area contributed by atoms with Gasteiger partial charge in [0.15, 0.2) is 0 Å². The van der Waals surface area contributed by atoms with E-state index in [2.05, 4.69) is 39.7 Å². The van der Waals surface area contributed by atoms with Crippen molar-refractivity contribution < 1.29 is 9.53 Å². The molecule has 0 bridgehead atoms. The van der Waals surface area contributed by atoms with Crippen molar-refractivity contribution in [3.05, 3.63) is 47.9 Å². The fourth-order valence-corrected chi connectivity index (χ4v) is 1.99. The van der Waals surface area contributed by atoms with Gasteiger partial charge in [-0.1, -0.05) is 19.1 Å². The Balaban J connectivity index is 1.89. The number of nitrogens with zero attached hydrogens (tertiary/aromatic N) is 2. The fourth-order valence-electron chi connectivity index (χ4n) is 1.99. The van der Waals surface area contributed by atoms with Gasteiger partial charge in [-0.3, -0.25) is 4.79 Å². The number of rotatable bonds is 8. The van der Waals surface area contributed by atoms with Crippen molar-refractivity contribution in [2.24, 2.45) is 0 Å². The Morgan fingerprint density at radius 1 is 1.17 bits per heavy atom. The van der Waals surface area contributed by atoms with E-state index in [1.54, 1.807) is 13.3 Å². The molecule has 0 aliphatic heterocycles. The van der Waals surface area contributed by atoms with Crippen LogP contribution < -0.4 is 10.6 Å². The first kappa shape index (κ1) is 16.9. The number of hydrogen-bond donors (Lipinski definition) is 2. The van der Waals surface area contributed by atoms with E-state index in [4.69, 9.17) is 4.74 Å². The van der Waals surface area contributed by atoms with E-state index in [1.807, 2.05) is 12.1 Å². The molecule has 0 spiro atoms. The van der Waals surface area contributed by atoms with Crippen molar-refractivity contribution in [2.45, 2.75) is 19.8 Å². The minimum atomic E-state index is -0.229. The van der Waals surface area contributed by atoms with Crippen LogP contribution in [0.4, 0.5) is 11.5 Å². The van der Waals surface area contributed by atoms with E-state index >= 15 is 0 Å². The van der Waals surface area contributed by atoms with Crippen molar-refractivity contribution >= 4 is 17.4 Å². The molecule has 0 aliphatic rings. The summed E-state index contributed by atoms with van der Waals surface area (Å²) in [6.07, 6.45) is 4.80. The Morgan fingerprint density at radius 2 is 1.96 bits per heavy atom. The highest BCUT2D eigenvalue weighted by Crippen LogP contribution is 2.14. The highest BCUT2D eigenvalue weighted by atomic mass is 16.5. The molecule has 0 saturated heterocycles. The number of benzene rings is 1. The van der Waals surface area contributed by atoms with Crippen LogP contribution in [0.1, 0.15) is 29.4 Å². The summed E-state index contributed by atoms with van der Waals surface area (Å²) >= 11 is 0. The van der Waals surface area contributed by atoms with Gasteiger partial charge >= 0.3 is 0 Å². The Labute approximate surface area is 136 Å². The summed E-state index contributed by atoms with van der Waals surface area (Å²) in [5.41, 5.74) is 2.52. The molecule has 1 amide bonds. The second-order valence-electron chi connectivity index (χ2n) is 5.06. The van der Waals surface area contributed by atoms with Gasteiger partial charge in [-0.15, -0.1) is 0 Å². The largest absolute Gasteiger partial charge is 0.385 e. The van der Waals surface area contributed by atoms with Crippen LogP contribution in [0.2, 0.25) is 0 Å². The van der Waals surface area contributed by atoms with E-state index in [-0.39, 0.29) is 5.91 Å². The third-order valence-electron chi connectivity index (χ3n) is 3.33. The van der Waals surface area contributed by atoms with E-state index in [0.717, 1.165) is 18.5 Å². The number of amides is 1. The SMILES string of the molecule is CCc1ccc(Nc2cnc(C(=O)NCCCOC)cn2)cc1. The van der Waals surface area contributed by atoms with Crippen molar-refractivity contribution in [3.8, 4) is 0 Å². The average molecular weight is 314 g/mol. The number of hydrogen-bond acceptors (Lipinski definition) is 5. The zero-order valence-electron chi connectivity index (χ0n) is 13.5. The fraction of sp³-hybridized carbons (Fsp3) is 0.353. The molecular formula is C17H22N4O2. The topological polar surface area (TPSA) is 76.1 Å². The number of carbonyl (C=O) groups is 1. The highest BCUT2D eigenvalue weighted by molar-refractivity contribution is 5.92. The first-order valence-corrected chi connectivity index (χ1v) is 7.68. The van der Waals surface area contributed by atoms with E-state index in [0.29, 0.717) is 24.7 Å². The molecule has 2 N–H and O–H groups in total. The predicted molar refractivity (Wildman–Crippen MR) is 90.0 cm³/mol. The van der Waals surface area contributed by atoms with Crippen LogP contribution in [0.5, 0.6) is 0 Å². The zero-order chi connectivity index (χ0) is 16.5. The number of ether oxygens (including phenoxy) is 1. The van der Waals surface area contributed by atoms with Gasteiger partial charge in [-0.05, 0) is 30.5 Å². The quantitative estimate of drug-likeness (QED) is 0.732. The summed E-state index contributed by atoms with van der Waals surface area (Å²) in [7, 11) is 1.63. The number of carbonyl (C=O) groups excluding carboxylic acids is 1. The van der Waals surface area contributed by atoms with Crippen LogP contribution in [-0.4, -0.2) is 36.1 Å². The highest BCUT2D eigenvalue weighted by Gasteiger charge is 2.07. The molecule has 0 saturated carbocycles. The van der Waals surface area contributed by atoms with Gasteiger partial charge in [0.2, 0.25) is 0 Å². The first-order valence-electron chi connectivity index (χ1n) is 7.68. The summed E-state index contributed by atoms with van der Waals surface area (Å²) in [5, 5.41) is 5.93. The summed E-state index contributed by atoms with van der Waals surface area (Å²) < 4.78 is 4.93. The molecule has 0 aliphatic carbocycles. The summed E-state index contributed by atoms with van der Waals surface area (Å²) in [5.74, 6) is 0.373. The van der Waals surface area contributed by atoms with Crippen molar-refractivity contribution in [3.63, 3.8) is 0 Å². The molecule has 0 unspecified atom stereocenters. The van der Waals surface area contributed by atoms with E-state index in [1.165, 1.54) is 11.8 Å². The molecule has 1 aromatic carbocycles. The molecular weight excluding hydrogens is 292 g/mol. The van der Waals surface area contributed by atoms with Crippen molar-refractivity contribution in [1.29, 1.82) is 0 Å². The lowest BCUT2D eigenvalue weighted by Crippen LogP contribution is -2.26. The van der Waals surface area contributed by atoms with Crippen molar-refractivity contribution in [1.82, 2.24) is 15.3 Å². The number of nitrogens with one attached hydrogen (secondary N) is 2. The average Bonchev–Trinajstić information content (AvgIpc) is 2.60. The maximum atomic E-state index is 11.9. The molecule has 2 aromatic rings. The predicted octanol–water partition coefficient (Wildman–Crippen LogP) is 2.55. The molecule has 6 nitrogen and oxygen atoms in total. The molecule has 122 valence electrons.